The van der Waals surface area contributed by atoms with E-state index in [-0.39, 0.29) is 25.5 Å². The predicted molar refractivity (Wildman–Crippen MR) is 179 cm³/mol. The maximum Gasteiger partial charge on any atom is 0.137 e. The average molecular weight is 753 g/mol. The Bertz CT molecular complexity index is 2070. The maximum atomic E-state index is 6.43. The van der Waals surface area contributed by atoms with E-state index in [9.17, 15) is 0 Å². The van der Waals surface area contributed by atoms with Crippen LogP contribution in [0.4, 0.5) is 0 Å². The van der Waals surface area contributed by atoms with Gasteiger partial charge in [-0.3, -0.25) is 4.98 Å². The number of benzene rings is 4. The van der Waals surface area contributed by atoms with Gasteiger partial charge in [-0.25, -0.2) is 0 Å². The zero-order valence-electron chi connectivity index (χ0n) is 26.3. The van der Waals surface area contributed by atoms with Gasteiger partial charge in [0.05, 0.1) is 5.52 Å². The molecule has 0 aliphatic carbocycles. The van der Waals surface area contributed by atoms with Gasteiger partial charge < -0.3 is 9.40 Å². The van der Waals surface area contributed by atoms with Crippen molar-refractivity contribution in [3.05, 3.63) is 131 Å². The summed E-state index contributed by atoms with van der Waals surface area (Å²) in [6.07, 6.45) is 1.95. The molecular formula is C40H36IrN2O-2. The Morgan fingerprint density at radius 1 is 0.727 bits per heavy atom. The van der Waals surface area contributed by atoms with E-state index >= 15 is 0 Å². The molecule has 7 rings (SSSR count). The van der Waals surface area contributed by atoms with Crippen LogP contribution in [0.3, 0.4) is 0 Å². The number of aromatic nitrogens is 2. The number of hydrogen-bond acceptors (Lipinski definition) is 3. The minimum Gasteiger partial charge on any atom is -0.463 e. The fourth-order valence-corrected chi connectivity index (χ4v) is 5.69. The molecule has 44 heavy (non-hydrogen) atoms. The van der Waals surface area contributed by atoms with Gasteiger partial charge >= 0.3 is 0 Å². The fourth-order valence-electron chi connectivity index (χ4n) is 5.69. The first-order valence-corrected chi connectivity index (χ1v) is 14.8. The molecule has 0 saturated heterocycles. The Kier molecular flexibility index (Phi) is 8.88. The minimum atomic E-state index is 0. The number of aryl methyl sites for hydroxylation is 4. The topological polar surface area (TPSA) is 38.9 Å². The zero-order valence-corrected chi connectivity index (χ0v) is 28.7. The molecule has 0 amide bonds. The van der Waals surface area contributed by atoms with E-state index in [0.29, 0.717) is 0 Å². The number of nitrogens with zero attached hydrogens (tertiary/aromatic N) is 2. The molecule has 0 spiro atoms. The number of fused-ring (bicyclic) bond motifs is 5. The van der Waals surface area contributed by atoms with Crippen LogP contribution < -0.4 is 0 Å². The molecule has 0 bridgehead atoms. The van der Waals surface area contributed by atoms with Crippen molar-refractivity contribution in [1.29, 1.82) is 0 Å². The van der Waals surface area contributed by atoms with Gasteiger partial charge in [0.15, 0.2) is 0 Å². The summed E-state index contributed by atoms with van der Waals surface area (Å²) in [5, 5.41) is 3.43. The van der Waals surface area contributed by atoms with Crippen LogP contribution in [-0.4, -0.2) is 9.97 Å². The maximum absolute atomic E-state index is 6.43. The first kappa shape index (κ1) is 31.3. The molecular weight excluding hydrogens is 717 g/mol. The van der Waals surface area contributed by atoms with Gasteiger partial charge in [0.25, 0.3) is 0 Å². The molecule has 0 aliphatic rings. The van der Waals surface area contributed by atoms with E-state index in [1.165, 1.54) is 16.7 Å². The monoisotopic (exact) mass is 753 g/mol. The summed E-state index contributed by atoms with van der Waals surface area (Å²) in [4.78, 5) is 9.46. The van der Waals surface area contributed by atoms with E-state index < -0.39 is 0 Å². The SMILES string of the molecule is CC(C)(C)c1ccc(-c2[c-]cccc2)nc1.Cc1[c-]c(-c2nc3ccccc3c3c2oc2c(C)cc(C)cc23)cc(C)c1.[Ir]. The Morgan fingerprint density at radius 3 is 2.16 bits per heavy atom. The predicted octanol–water partition coefficient (Wildman–Crippen LogP) is 10.7. The summed E-state index contributed by atoms with van der Waals surface area (Å²) in [5.41, 5.74) is 12.8. The summed E-state index contributed by atoms with van der Waals surface area (Å²) >= 11 is 0. The van der Waals surface area contributed by atoms with Crippen LogP contribution in [0.5, 0.6) is 0 Å². The Morgan fingerprint density at radius 2 is 1.48 bits per heavy atom. The summed E-state index contributed by atoms with van der Waals surface area (Å²) in [6, 6.07) is 35.7. The fraction of sp³-hybridized carbons (Fsp3) is 0.200. The molecule has 1 radical (unpaired) electrons. The molecule has 0 saturated carbocycles. The molecule has 0 aliphatic heterocycles. The van der Waals surface area contributed by atoms with Crippen molar-refractivity contribution in [1.82, 2.24) is 9.97 Å². The van der Waals surface area contributed by atoms with E-state index in [1.807, 2.05) is 36.5 Å². The Balaban J connectivity index is 0.000000194. The molecule has 3 nitrogen and oxygen atoms in total. The van der Waals surface area contributed by atoms with Gasteiger partial charge in [0.1, 0.15) is 11.2 Å². The number of hydrogen-bond donors (Lipinski definition) is 0. The third kappa shape index (κ3) is 6.24. The molecule has 4 aromatic carbocycles. The Hall–Kier alpha value is -4.11. The molecule has 0 fully saturated rings. The van der Waals surface area contributed by atoms with Crippen LogP contribution in [-0.2, 0) is 25.5 Å². The smallest absolute Gasteiger partial charge is 0.137 e. The first-order chi connectivity index (χ1) is 20.6. The second-order valence-corrected chi connectivity index (χ2v) is 12.5. The van der Waals surface area contributed by atoms with Crippen molar-refractivity contribution in [2.75, 3.05) is 0 Å². The number of rotatable bonds is 2. The van der Waals surface area contributed by atoms with E-state index in [1.54, 1.807) is 0 Å². The Labute approximate surface area is 273 Å². The van der Waals surface area contributed by atoms with Crippen LogP contribution in [0.25, 0.3) is 55.4 Å². The summed E-state index contributed by atoms with van der Waals surface area (Å²) in [5.74, 6) is 0. The summed E-state index contributed by atoms with van der Waals surface area (Å²) < 4.78 is 6.43. The second kappa shape index (κ2) is 12.5. The van der Waals surface area contributed by atoms with E-state index in [0.717, 1.165) is 66.5 Å². The third-order valence-electron chi connectivity index (χ3n) is 7.76. The van der Waals surface area contributed by atoms with Crippen LogP contribution in [0, 0.1) is 39.8 Å². The minimum absolute atomic E-state index is 0. The second-order valence-electron chi connectivity index (χ2n) is 12.5. The number of para-hydroxylation sites is 1. The standard InChI is InChI=1S/C25H20NO.C15H16N.Ir/c1-14-9-15(2)12-18(11-14)23-25-22(19-7-5-6-8-21(19)26-23)20-13-16(3)10-17(4)24(20)27-25;1-15(2,3)13-9-10-14(16-11-13)12-7-5-4-6-8-12;/h5-11,13H,1-4H3;4-7,9-11H,1-3H3;/q2*-1;. The molecule has 0 unspecified atom stereocenters. The first-order valence-electron chi connectivity index (χ1n) is 14.8. The summed E-state index contributed by atoms with van der Waals surface area (Å²) in [6.45, 7) is 15.0. The van der Waals surface area contributed by atoms with Crippen molar-refractivity contribution in [3.63, 3.8) is 0 Å². The van der Waals surface area contributed by atoms with Crippen molar-refractivity contribution in [2.45, 2.75) is 53.9 Å². The largest absolute Gasteiger partial charge is 0.463 e. The number of pyridine rings is 2. The van der Waals surface area contributed by atoms with Crippen LogP contribution in [0.1, 0.15) is 48.6 Å². The molecule has 3 aromatic heterocycles. The quantitative estimate of drug-likeness (QED) is 0.165. The van der Waals surface area contributed by atoms with Crippen molar-refractivity contribution in [3.8, 4) is 22.5 Å². The molecule has 0 N–H and O–H groups in total. The zero-order chi connectivity index (χ0) is 30.3. The third-order valence-corrected chi connectivity index (χ3v) is 7.76. The van der Waals surface area contributed by atoms with Crippen molar-refractivity contribution >= 4 is 32.8 Å². The molecule has 0 atom stereocenters. The van der Waals surface area contributed by atoms with Crippen molar-refractivity contribution in [2.24, 2.45) is 0 Å². The van der Waals surface area contributed by atoms with Crippen LogP contribution in [0.15, 0.2) is 95.5 Å². The van der Waals surface area contributed by atoms with Crippen LogP contribution in [0.2, 0.25) is 0 Å². The van der Waals surface area contributed by atoms with Crippen molar-refractivity contribution < 1.29 is 24.5 Å². The molecule has 3 heterocycles. The van der Waals surface area contributed by atoms with Gasteiger partial charge in [-0.15, -0.1) is 70.8 Å². The summed E-state index contributed by atoms with van der Waals surface area (Å²) in [7, 11) is 0. The average Bonchev–Trinajstić information content (AvgIpc) is 3.37. The van der Waals surface area contributed by atoms with Gasteiger partial charge in [-0.2, -0.15) is 0 Å². The van der Waals surface area contributed by atoms with Gasteiger partial charge in [0, 0.05) is 48.2 Å². The van der Waals surface area contributed by atoms with E-state index in [4.69, 9.17) is 9.40 Å². The van der Waals surface area contributed by atoms with Gasteiger partial charge in [-0.05, 0) is 53.8 Å². The van der Waals surface area contributed by atoms with Crippen LogP contribution >= 0.6 is 0 Å². The number of furan rings is 1. The van der Waals surface area contributed by atoms with E-state index in [2.05, 4.69) is 120 Å². The van der Waals surface area contributed by atoms with Gasteiger partial charge in [-0.1, -0.05) is 71.0 Å². The molecule has 7 aromatic rings. The molecule has 223 valence electrons. The normalized spacial score (nSPS) is 11.3. The van der Waals surface area contributed by atoms with Gasteiger partial charge in [0.2, 0.25) is 0 Å². The molecule has 4 heteroatoms.